The van der Waals surface area contributed by atoms with Crippen LogP contribution in [-0.4, -0.2) is 11.2 Å². The standard InChI is InChI=1S/C20H25NOS/c1-13(2)23-19-9-7-6-8-17(19)20(22)21-16(5)18-12-14(3)10-11-15(18)4/h6-13,16H,1-5H3,(H,21,22). The van der Waals surface area contributed by atoms with Crippen molar-refractivity contribution in [2.45, 2.75) is 50.8 Å². The molecule has 122 valence electrons. The Morgan fingerprint density at radius 3 is 2.43 bits per heavy atom. The number of rotatable bonds is 5. The first-order valence-electron chi connectivity index (χ1n) is 8.02. The number of thioether (sulfide) groups is 1. The summed E-state index contributed by atoms with van der Waals surface area (Å²) in [6.07, 6.45) is 0. The number of hydrogen-bond acceptors (Lipinski definition) is 2. The lowest BCUT2D eigenvalue weighted by atomic mass is 10.00. The average Bonchev–Trinajstić information content (AvgIpc) is 2.49. The number of nitrogens with one attached hydrogen (secondary N) is 1. The van der Waals surface area contributed by atoms with Crippen LogP contribution >= 0.6 is 11.8 Å². The highest BCUT2D eigenvalue weighted by atomic mass is 32.2. The second-order valence-corrected chi connectivity index (χ2v) is 7.84. The summed E-state index contributed by atoms with van der Waals surface area (Å²) in [4.78, 5) is 13.7. The molecule has 1 N–H and O–H groups in total. The first kappa shape index (κ1) is 17.6. The molecule has 0 fully saturated rings. The van der Waals surface area contributed by atoms with Gasteiger partial charge in [-0.25, -0.2) is 0 Å². The molecular formula is C20H25NOS. The van der Waals surface area contributed by atoms with E-state index in [0.29, 0.717) is 5.25 Å². The van der Waals surface area contributed by atoms with E-state index < -0.39 is 0 Å². The maximum Gasteiger partial charge on any atom is 0.252 e. The lowest BCUT2D eigenvalue weighted by molar-refractivity contribution is 0.0937. The number of carbonyl (C=O) groups is 1. The molecule has 2 nitrogen and oxygen atoms in total. The summed E-state index contributed by atoms with van der Waals surface area (Å²) in [6.45, 7) is 10.5. The maximum atomic E-state index is 12.7. The molecule has 0 aliphatic carbocycles. The summed E-state index contributed by atoms with van der Waals surface area (Å²) in [7, 11) is 0. The Labute approximate surface area is 143 Å². The molecule has 2 rings (SSSR count). The molecule has 1 atom stereocenters. The predicted molar refractivity (Wildman–Crippen MR) is 99.2 cm³/mol. The molecule has 0 aliphatic rings. The van der Waals surface area contributed by atoms with Gasteiger partial charge in [0, 0.05) is 10.1 Å². The fraction of sp³-hybridized carbons (Fsp3) is 0.350. The number of benzene rings is 2. The van der Waals surface area contributed by atoms with Gasteiger partial charge in [-0.3, -0.25) is 4.79 Å². The molecule has 0 saturated carbocycles. The van der Waals surface area contributed by atoms with Gasteiger partial charge < -0.3 is 5.32 Å². The smallest absolute Gasteiger partial charge is 0.252 e. The van der Waals surface area contributed by atoms with Crippen LogP contribution < -0.4 is 5.32 Å². The lowest BCUT2D eigenvalue weighted by Crippen LogP contribution is -2.27. The van der Waals surface area contributed by atoms with E-state index in [9.17, 15) is 4.79 Å². The number of carbonyl (C=O) groups excluding carboxylic acids is 1. The molecule has 0 saturated heterocycles. The van der Waals surface area contributed by atoms with Crippen LogP contribution in [0.2, 0.25) is 0 Å². The third kappa shape index (κ3) is 4.61. The van der Waals surface area contributed by atoms with Crippen molar-refractivity contribution in [3.63, 3.8) is 0 Å². The monoisotopic (exact) mass is 327 g/mol. The van der Waals surface area contributed by atoms with E-state index in [2.05, 4.69) is 51.2 Å². The van der Waals surface area contributed by atoms with E-state index >= 15 is 0 Å². The predicted octanol–water partition coefficient (Wildman–Crippen LogP) is 5.29. The van der Waals surface area contributed by atoms with Crippen molar-refractivity contribution in [1.82, 2.24) is 5.32 Å². The van der Waals surface area contributed by atoms with Gasteiger partial charge in [-0.05, 0) is 44.0 Å². The van der Waals surface area contributed by atoms with E-state index in [1.54, 1.807) is 11.8 Å². The summed E-state index contributed by atoms with van der Waals surface area (Å²) >= 11 is 1.72. The first-order valence-corrected chi connectivity index (χ1v) is 8.90. The molecule has 0 radical (unpaired) electrons. The zero-order valence-electron chi connectivity index (χ0n) is 14.5. The second kappa shape index (κ2) is 7.69. The van der Waals surface area contributed by atoms with Crippen LogP contribution in [-0.2, 0) is 0 Å². The molecule has 2 aromatic carbocycles. The normalized spacial score (nSPS) is 12.3. The fourth-order valence-electron chi connectivity index (χ4n) is 2.59. The van der Waals surface area contributed by atoms with Gasteiger partial charge in [-0.15, -0.1) is 11.8 Å². The molecular weight excluding hydrogens is 302 g/mol. The minimum Gasteiger partial charge on any atom is -0.345 e. The molecule has 23 heavy (non-hydrogen) atoms. The van der Waals surface area contributed by atoms with Crippen LogP contribution in [0.15, 0.2) is 47.4 Å². The van der Waals surface area contributed by atoms with Crippen molar-refractivity contribution in [2.24, 2.45) is 0 Å². The van der Waals surface area contributed by atoms with Gasteiger partial charge in [0.2, 0.25) is 0 Å². The van der Waals surface area contributed by atoms with E-state index in [0.717, 1.165) is 10.5 Å². The average molecular weight is 327 g/mol. The van der Waals surface area contributed by atoms with Crippen molar-refractivity contribution in [2.75, 3.05) is 0 Å². The zero-order chi connectivity index (χ0) is 17.0. The lowest BCUT2D eigenvalue weighted by Gasteiger charge is -2.18. The van der Waals surface area contributed by atoms with E-state index in [1.165, 1.54) is 16.7 Å². The third-order valence-electron chi connectivity index (χ3n) is 3.74. The van der Waals surface area contributed by atoms with Crippen LogP contribution in [0.1, 0.15) is 53.9 Å². The van der Waals surface area contributed by atoms with E-state index in [4.69, 9.17) is 0 Å². The largest absolute Gasteiger partial charge is 0.345 e. The Morgan fingerprint density at radius 1 is 1.04 bits per heavy atom. The Kier molecular flexibility index (Phi) is 5.89. The van der Waals surface area contributed by atoms with Crippen molar-refractivity contribution in [1.29, 1.82) is 0 Å². The van der Waals surface area contributed by atoms with Gasteiger partial charge in [0.15, 0.2) is 0 Å². The molecule has 0 spiro atoms. The molecule has 3 heteroatoms. The Bertz CT molecular complexity index is 694. The van der Waals surface area contributed by atoms with Crippen molar-refractivity contribution < 1.29 is 4.79 Å². The Hall–Kier alpha value is -1.74. The molecule has 1 amide bonds. The topological polar surface area (TPSA) is 29.1 Å². The highest BCUT2D eigenvalue weighted by Crippen LogP contribution is 2.27. The van der Waals surface area contributed by atoms with Gasteiger partial charge in [0.25, 0.3) is 5.91 Å². The Morgan fingerprint density at radius 2 is 1.74 bits per heavy atom. The van der Waals surface area contributed by atoms with Gasteiger partial charge in [0.1, 0.15) is 0 Å². The minimum absolute atomic E-state index is 0.0119. The highest BCUT2D eigenvalue weighted by molar-refractivity contribution is 8.00. The van der Waals surface area contributed by atoms with Gasteiger partial charge in [0.05, 0.1) is 11.6 Å². The summed E-state index contributed by atoms with van der Waals surface area (Å²) < 4.78 is 0. The van der Waals surface area contributed by atoms with Crippen LogP contribution in [0.5, 0.6) is 0 Å². The summed E-state index contributed by atoms with van der Waals surface area (Å²) in [6, 6.07) is 14.2. The second-order valence-electron chi connectivity index (χ2n) is 6.22. The maximum absolute atomic E-state index is 12.7. The van der Waals surface area contributed by atoms with Gasteiger partial charge in [-0.2, -0.15) is 0 Å². The molecule has 0 aromatic heterocycles. The van der Waals surface area contributed by atoms with Crippen LogP contribution in [0.25, 0.3) is 0 Å². The molecule has 0 aliphatic heterocycles. The van der Waals surface area contributed by atoms with Crippen LogP contribution in [0.3, 0.4) is 0 Å². The van der Waals surface area contributed by atoms with Crippen molar-refractivity contribution in [3.05, 3.63) is 64.7 Å². The summed E-state index contributed by atoms with van der Waals surface area (Å²) in [5.74, 6) is -0.0119. The molecule has 1 unspecified atom stereocenters. The van der Waals surface area contributed by atoms with E-state index in [-0.39, 0.29) is 11.9 Å². The third-order valence-corrected chi connectivity index (χ3v) is 4.82. The quantitative estimate of drug-likeness (QED) is 0.756. The molecule has 2 aromatic rings. The van der Waals surface area contributed by atoms with Crippen molar-refractivity contribution >= 4 is 17.7 Å². The van der Waals surface area contributed by atoms with Gasteiger partial charge >= 0.3 is 0 Å². The first-order chi connectivity index (χ1) is 10.9. The highest BCUT2D eigenvalue weighted by Gasteiger charge is 2.16. The van der Waals surface area contributed by atoms with Crippen molar-refractivity contribution in [3.8, 4) is 0 Å². The SMILES string of the molecule is Cc1ccc(C)c(C(C)NC(=O)c2ccccc2SC(C)C)c1. The number of hydrogen-bond donors (Lipinski definition) is 1. The zero-order valence-corrected chi connectivity index (χ0v) is 15.3. The van der Waals surface area contributed by atoms with Gasteiger partial charge in [-0.1, -0.05) is 49.7 Å². The van der Waals surface area contributed by atoms with Crippen LogP contribution in [0.4, 0.5) is 0 Å². The number of amides is 1. The molecule has 0 bridgehead atoms. The molecule has 0 heterocycles. The summed E-state index contributed by atoms with van der Waals surface area (Å²) in [5, 5.41) is 3.59. The van der Waals surface area contributed by atoms with E-state index in [1.807, 2.05) is 31.2 Å². The number of aryl methyl sites for hydroxylation is 2. The summed E-state index contributed by atoms with van der Waals surface area (Å²) in [5.41, 5.74) is 4.34. The fourth-order valence-corrected chi connectivity index (χ4v) is 3.54. The van der Waals surface area contributed by atoms with Crippen LogP contribution in [0, 0.1) is 13.8 Å². The Balaban J connectivity index is 2.20. The minimum atomic E-state index is -0.0143.